The van der Waals surface area contributed by atoms with E-state index in [1.807, 2.05) is 19.2 Å². The average Bonchev–Trinajstić information content (AvgIpc) is 2.78. The molecule has 1 aromatic rings. The quantitative estimate of drug-likeness (QED) is 0.919. The van der Waals surface area contributed by atoms with Crippen LogP contribution >= 0.6 is 11.3 Å². The van der Waals surface area contributed by atoms with Gasteiger partial charge in [0.25, 0.3) is 0 Å². The number of aryl methyl sites for hydroxylation is 1. The van der Waals surface area contributed by atoms with E-state index in [0.717, 1.165) is 17.1 Å². The predicted octanol–water partition coefficient (Wildman–Crippen LogP) is 2.23. The van der Waals surface area contributed by atoms with Crippen LogP contribution in [0.4, 0.5) is 0 Å². The summed E-state index contributed by atoms with van der Waals surface area (Å²) >= 11 is 1.49. The Morgan fingerprint density at radius 1 is 1.63 bits per heavy atom. The monoisotopic (exact) mass is 282 g/mol. The maximum Gasteiger partial charge on any atom is 0.309 e. The second-order valence-electron chi connectivity index (χ2n) is 4.81. The summed E-state index contributed by atoms with van der Waals surface area (Å²) in [7, 11) is 0. The molecule has 2 rings (SSSR count). The maximum atomic E-state index is 12.1. The van der Waals surface area contributed by atoms with Crippen molar-refractivity contribution in [3.8, 4) is 0 Å². The molecule has 0 bridgehead atoms. The van der Waals surface area contributed by atoms with E-state index >= 15 is 0 Å². The molecule has 1 N–H and O–H groups in total. The van der Waals surface area contributed by atoms with Gasteiger partial charge in [-0.25, -0.2) is 4.98 Å². The van der Waals surface area contributed by atoms with Crippen molar-refractivity contribution < 1.29 is 14.7 Å². The molecule has 1 amide bonds. The number of nitrogens with zero attached hydrogens (tertiary/aromatic N) is 2. The van der Waals surface area contributed by atoms with Crippen molar-refractivity contribution in [1.29, 1.82) is 0 Å². The topological polar surface area (TPSA) is 70.5 Å². The van der Waals surface area contributed by atoms with Gasteiger partial charge in [-0.2, -0.15) is 0 Å². The molecule has 2 unspecified atom stereocenters. The highest BCUT2D eigenvalue weighted by molar-refractivity contribution is 7.09. The van der Waals surface area contributed by atoms with E-state index in [4.69, 9.17) is 0 Å². The Morgan fingerprint density at radius 3 is 2.89 bits per heavy atom. The first-order chi connectivity index (χ1) is 9.04. The van der Waals surface area contributed by atoms with Gasteiger partial charge in [0.05, 0.1) is 22.7 Å². The molecular formula is C13H18N2O3S. The number of hydrogen-bond acceptors (Lipinski definition) is 4. The van der Waals surface area contributed by atoms with E-state index < -0.39 is 17.9 Å². The molecule has 104 valence electrons. The van der Waals surface area contributed by atoms with Gasteiger partial charge in [0.15, 0.2) is 0 Å². The molecule has 6 heteroatoms. The van der Waals surface area contributed by atoms with Crippen LogP contribution in [0.5, 0.6) is 0 Å². The third-order valence-electron chi connectivity index (χ3n) is 3.43. The zero-order valence-corrected chi connectivity index (χ0v) is 11.9. The van der Waals surface area contributed by atoms with E-state index in [-0.39, 0.29) is 5.91 Å². The summed E-state index contributed by atoms with van der Waals surface area (Å²) in [6.45, 7) is 4.46. The van der Waals surface area contributed by atoms with Crippen molar-refractivity contribution in [3.05, 3.63) is 16.1 Å². The van der Waals surface area contributed by atoms with Gasteiger partial charge in [0.2, 0.25) is 5.91 Å². The molecule has 19 heavy (non-hydrogen) atoms. The minimum Gasteiger partial charge on any atom is -0.481 e. The largest absolute Gasteiger partial charge is 0.481 e. The smallest absolute Gasteiger partial charge is 0.309 e. The number of aromatic nitrogens is 1. The summed E-state index contributed by atoms with van der Waals surface area (Å²) in [5.74, 6) is -1.36. The summed E-state index contributed by atoms with van der Waals surface area (Å²) in [5, 5.41) is 12.2. The third kappa shape index (κ3) is 2.78. The highest BCUT2D eigenvalue weighted by Crippen LogP contribution is 2.37. The lowest BCUT2D eigenvalue weighted by atomic mass is 9.87. The zero-order valence-electron chi connectivity index (χ0n) is 11.1. The summed E-state index contributed by atoms with van der Waals surface area (Å²) < 4.78 is 0. The SMILES string of the molecule is CCCN1C(=O)CCC(C(=O)O)C1c1csc(C)n1. The average molecular weight is 282 g/mol. The number of rotatable bonds is 4. The van der Waals surface area contributed by atoms with Crippen molar-refractivity contribution in [2.75, 3.05) is 6.54 Å². The molecule has 1 saturated heterocycles. The Bertz CT molecular complexity index is 486. The van der Waals surface area contributed by atoms with Crippen LogP contribution < -0.4 is 0 Å². The van der Waals surface area contributed by atoms with Crippen LogP contribution in [0.2, 0.25) is 0 Å². The third-order valence-corrected chi connectivity index (χ3v) is 4.22. The van der Waals surface area contributed by atoms with Gasteiger partial charge in [-0.1, -0.05) is 6.92 Å². The molecule has 0 saturated carbocycles. The molecule has 0 spiro atoms. The van der Waals surface area contributed by atoms with E-state index in [1.54, 1.807) is 4.90 Å². The maximum absolute atomic E-state index is 12.1. The standard InChI is InChI=1S/C13H18N2O3S/c1-3-6-15-11(16)5-4-9(13(17)18)12(15)10-7-19-8(2)14-10/h7,9,12H,3-6H2,1-2H3,(H,17,18). The zero-order chi connectivity index (χ0) is 14.0. The number of likely N-dealkylation sites (tertiary alicyclic amines) is 1. The molecular weight excluding hydrogens is 264 g/mol. The van der Waals surface area contributed by atoms with Crippen LogP contribution in [0.1, 0.15) is 42.9 Å². The lowest BCUT2D eigenvalue weighted by Crippen LogP contribution is -2.45. The number of thiazole rings is 1. The van der Waals surface area contributed by atoms with Crippen LogP contribution in [-0.2, 0) is 9.59 Å². The summed E-state index contributed by atoms with van der Waals surface area (Å²) in [4.78, 5) is 29.6. The highest BCUT2D eigenvalue weighted by Gasteiger charge is 2.41. The molecule has 1 aromatic heterocycles. The number of carboxylic acid groups (broad SMARTS) is 1. The van der Waals surface area contributed by atoms with E-state index in [1.165, 1.54) is 11.3 Å². The summed E-state index contributed by atoms with van der Waals surface area (Å²) in [6, 6.07) is -0.413. The van der Waals surface area contributed by atoms with Gasteiger partial charge >= 0.3 is 5.97 Å². The second kappa shape index (κ2) is 5.69. The fourth-order valence-corrected chi connectivity index (χ4v) is 3.24. The normalized spacial score (nSPS) is 23.7. The number of hydrogen-bond donors (Lipinski definition) is 1. The van der Waals surface area contributed by atoms with Crippen LogP contribution in [-0.4, -0.2) is 33.4 Å². The Kier molecular flexibility index (Phi) is 4.19. The first kappa shape index (κ1) is 14.0. The fourth-order valence-electron chi connectivity index (χ4n) is 2.60. The minimum atomic E-state index is -0.843. The van der Waals surface area contributed by atoms with Crippen LogP contribution in [0.25, 0.3) is 0 Å². The molecule has 2 heterocycles. The molecule has 2 atom stereocenters. The highest BCUT2D eigenvalue weighted by atomic mass is 32.1. The van der Waals surface area contributed by atoms with Gasteiger partial charge in [0, 0.05) is 18.3 Å². The van der Waals surface area contributed by atoms with E-state index in [2.05, 4.69) is 4.98 Å². The lowest BCUT2D eigenvalue weighted by molar-refractivity contribution is -0.152. The van der Waals surface area contributed by atoms with Gasteiger partial charge in [-0.15, -0.1) is 11.3 Å². The summed E-state index contributed by atoms with van der Waals surface area (Å²) in [6.07, 6.45) is 1.53. The molecule has 0 aliphatic carbocycles. The lowest BCUT2D eigenvalue weighted by Gasteiger charge is -2.38. The Hall–Kier alpha value is -1.43. The number of piperidine rings is 1. The van der Waals surface area contributed by atoms with E-state index in [0.29, 0.717) is 19.4 Å². The van der Waals surface area contributed by atoms with Crippen molar-refractivity contribution in [3.63, 3.8) is 0 Å². The Labute approximate surface area is 116 Å². The Balaban J connectivity index is 2.37. The molecule has 0 radical (unpaired) electrons. The van der Waals surface area contributed by atoms with Crippen molar-refractivity contribution in [2.45, 2.75) is 39.2 Å². The van der Waals surface area contributed by atoms with Crippen molar-refractivity contribution in [1.82, 2.24) is 9.88 Å². The molecule has 0 aromatic carbocycles. The van der Waals surface area contributed by atoms with Crippen molar-refractivity contribution in [2.24, 2.45) is 5.92 Å². The predicted molar refractivity (Wildman–Crippen MR) is 72.0 cm³/mol. The number of aliphatic carboxylic acids is 1. The fraction of sp³-hybridized carbons (Fsp3) is 0.615. The number of carbonyl (C=O) groups excluding carboxylic acids is 1. The first-order valence-corrected chi connectivity index (χ1v) is 7.36. The van der Waals surface area contributed by atoms with Crippen LogP contribution in [0, 0.1) is 12.8 Å². The molecule has 1 aliphatic heterocycles. The van der Waals surface area contributed by atoms with Gasteiger partial charge < -0.3 is 10.0 Å². The Morgan fingerprint density at radius 2 is 2.37 bits per heavy atom. The number of carbonyl (C=O) groups is 2. The van der Waals surface area contributed by atoms with E-state index in [9.17, 15) is 14.7 Å². The number of amides is 1. The molecule has 5 nitrogen and oxygen atoms in total. The minimum absolute atomic E-state index is 0.0370. The second-order valence-corrected chi connectivity index (χ2v) is 5.87. The summed E-state index contributed by atoms with van der Waals surface area (Å²) in [5.41, 5.74) is 0.719. The van der Waals surface area contributed by atoms with Gasteiger partial charge in [0.1, 0.15) is 0 Å². The van der Waals surface area contributed by atoms with Gasteiger partial charge in [-0.3, -0.25) is 9.59 Å². The van der Waals surface area contributed by atoms with Crippen LogP contribution in [0.15, 0.2) is 5.38 Å². The molecule has 1 aliphatic rings. The van der Waals surface area contributed by atoms with Gasteiger partial charge in [-0.05, 0) is 19.8 Å². The number of carboxylic acids is 1. The van der Waals surface area contributed by atoms with Crippen molar-refractivity contribution >= 4 is 23.2 Å². The van der Waals surface area contributed by atoms with Crippen LogP contribution in [0.3, 0.4) is 0 Å². The molecule has 1 fully saturated rings. The first-order valence-electron chi connectivity index (χ1n) is 6.49.